The molecule has 1 rings (SSSR count). The lowest BCUT2D eigenvalue weighted by atomic mass is 9.85. The minimum Gasteiger partial charge on any atom is -0.461 e. The van der Waals surface area contributed by atoms with Crippen LogP contribution in [0.15, 0.2) is 24.8 Å². The average Bonchev–Trinajstić information content (AvgIpc) is 3.41. The van der Waals surface area contributed by atoms with Gasteiger partial charge in [0.1, 0.15) is 18.3 Å². The molecule has 1 fully saturated rings. The van der Waals surface area contributed by atoms with Gasteiger partial charge in [0, 0.05) is 13.1 Å². The van der Waals surface area contributed by atoms with Crippen LogP contribution in [0.1, 0.15) is 88.0 Å². The average molecular weight is 636 g/mol. The maximum Gasteiger partial charge on any atom is 0.333 e. The van der Waals surface area contributed by atoms with Gasteiger partial charge in [-0.15, -0.1) is 6.58 Å². The molecule has 0 radical (unpaired) electrons. The van der Waals surface area contributed by atoms with E-state index in [0.717, 1.165) is 6.42 Å². The maximum absolute atomic E-state index is 14.2. The van der Waals surface area contributed by atoms with E-state index >= 15 is 0 Å². The highest BCUT2D eigenvalue weighted by molar-refractivity contribution is 6.38. The van der Waals surface area contributed by atoms with Crippen molar-refractivity contribution >= 4 is 29.6 Å². The molecule has 1 saturated heterocycles. The van der Waals surface area contributed by atoms with Crippen molar-refractivity contribution in [3.8, 4) is 0 Å². The molecule has 0 aromatic heterocycles. The summed E-state index contributed by atoms with van der Waals surface area (Å²) in [5.41, 5.74) is -0.745. The van der Waals surface area contributed by atoms with Crippen LogP contribution in [0.25, 0.3) is 0 Å². The summed E-state index contributed by atoms with van der Waals surface area (Å²) in [4.78, 5) is 67.0. The van der Waals surface area contributed by atoms with Crippen molar-refractivity contribution in [1.82, 2.24) is 26.2 Å². The molecule has 45 heavy (non-hydrogen) atoms. The number of aliphatic hydroxyl groups is 1. The Kier molecular flexibility index (Phi) is 16.5. The van der Waals surface area contributed by atoms with Crippen LogP contribution in [0.5, 0.6) is 0 Å². The van der Waals surface area contributed by atoms with Crippen LogP contribution in [-0.4, -0.2) is 89.2 Å². The summed E-state index contributed by atoms with van der Waals surface area (Å²) in [6.07, 6.45) is 5.13. The van der Waals surface area contributed by atoms with Crippen LogP contribution in [0.3, 0.4) is 0 Å². The molecule has 0 saturated carbocycles. The van der Waals surface area contributed by atoms with Gasteiger partial charge in [-0.2, -0.15) is 0 Å². The Hall–Kier alpha value is -3.25. The van der Waals surface area contributed by atoms with E-state index in [1.807, 2.05) is 41.5 Å². The van der Waals surface area contributed by atoms with E-state index in [4.69, 9.17) is 4.74 Å². The van der Waals surface area contributed by atoms with Crippen molar-refractivity contribution in [2.75, 3.05) is 13.1 Å². The summed E-state index contributed by atoms with van der Waals surface area (Å²) in [7, 11) is 0. The predicted molar refractivity (Wildman–Crippen MR) is 174 cm³/mol. The minimum absolute atomic E-state index is 0.0513. The van der Waals surface area contributed by atoms with Crippen molar-refractivity contribution in [3.63, 3.8) is 0 Å². The van der Waals surface area contributed by atoms with Crippen LogP contribution >= 0.6 is 0 Å². The molecular formula is C33H57N5O7. The number of hydrogen-bond donors (Lipinski definition) is 5. The first kappa shape index (κ1) is 39.8. The molecule has 1 aliphatic rings. The number of carbonyl (C=O) groups is 5. The zero-order valence-electron chi connectivity index (χ0n) is 28.6. The Bertz CT molecular complexity index is 1050. The molecule has 0 aliphatic carbocycles. The van der Waals surface area contributed by atoms with Gasteiger partial charge in [-0.1, -0.05) is 72.6 Å². The van der Waals surface area contributed by atoms with Crippen molar-refractivity contribution in [1.29, 1.82) is 0 Å². The fraction of sp³-hybridized carbons (Fsp3) is 0.727. The number of likely N-dealkylation sites (tertiary alicyclic amines) is 1. The topological polar surface area (TPSA) is 166 Å². The summed E-state index contributed by atoms with van der Waals surface area (Å²) in [5.74, 6) is -2.26. The summed E-state index contributed by atoms with van der Waals surface area (Å²) in [5, 5.41) is 22.2. The number of Topliss-reactive ketones (excluding diaryl/α,β-unsaturated/α-hetero) is 1. The first-order valence-corrected chi connectivity index (χ1v) is 16.1. The molecule has 0 aromatic carbocycles. The van der Waals surface area contributed by atoms with Gasteiger partial charge in [0.15, 0.2) is 0 Å². The zero-order valence-corrected chi connectivity index (χ0v) is 28.6. The van der Waals surface area contributed by atoms with Crippen molar-refractivity contribution < 1.29 is 33.8 Å². The number of carbonyl (C=O) groups excluding carboxylic acids is 5. The van der Waals surface area contributed by atoms with Gasteiger partial charge in [0.05, 0.1) is 18.2 Å². The van der Waals surface area contributed by atoms with Gasteiger partial charge in [-0.05, 0) is 50.9 Å². The lowest BCUT2D eigenvalue weighted by molar-refractivity contribution is -0.148. The standard InChI is InChI=1S/C33H57N5O7/c1-11-14-16-23(26(39)29(41)34-17-13-3)35-28(40)25-18-22(20(4)5)19-38(25)30(42)27(33(8,9)10)37-32(44)36-24(15-12-2)31(43)45-21(6)7/h12-13,15,20-25,27-28,35,40H,3,11,14,16-19H2,1-2,4-10H3,(H,34,41)(H2,36,37,44)/b15-12-/t22-,23?,24+,25+,27-,28?/m1/s1. The monoisotopic (exact) mass is 635 g/mol. The lowest BCUT2D eigenvalue weighted by Crippen LogP contribution is -2.61. The Morgan fingerprint density at radius 1 is 1.09 bits per heavy atom. The van der Waals surface area contributed by atoms with Gasteiger partial charge in [-0.25, -0.2) is 9.59 Å². The number of hydrogen-bond acceptors (Lipinski definition) is 8. The maximum atomic E-state index is 14.2. The molecule has 0 bridgehead atoms. The second-order valence-corrected chi connectivity index (χ2v) is 13.4. The third kappa shape index (κ3) is 12.6. The van der Waals surface area contributed by atoms with E-state index < -0.39 is 65.4 Å². The van der Waals surface area contributed by atoms with E-state index in [1.54, 1.807) is 31.7 Å². The van der Waals surface area contributed by atoms with E-state index in [1.165, 1.54) is 12.2 Å². The number of allylic oxidation sites excluding steroid dienone is 1. The number of ketones is 1. The quantitative estimate of drug-likeness (QED) is 0.0704. The molecule has 0 aromatic rings. The highest BCUT2D eigenvalue weighted by atomic mass is 16.5. The Labute approximate surface area is 269 Å². The first-order chi connectivity index (χ1) is 21.0. The van der Waals surface area contributed by atoms with Crippen LogP contribution in [0, 0.1) is 17.3 Å². The van der Waals surface area contributed by atoms with Crippen molar-refractivity contribution in [2.24, 2.45) is 17.3 Å². The van der Waals surface area contributed by atoms with Gasteiger partial charge >= 0.3 is 12.0 Å². The normalized spacial score (nSPS) is 19.6. The molecule has 5 N–H and O–H groups in total. The molecular weight excluding hydrogens is 578 g/mol. The van der Waals surface area contributed by atoms with Crippen LogP contribution in [-0.2, 0) is 23.9 Å². The summed E-state index contributed by atoms with van der Waals surface area (Å²) in [6.45, 7) is 20.6. The van der Waals surface area contributed by atoms with E-state index in [-0.39, 0.29) is 24.5 Å². The molecule has 1 heterocycles. The molecule has 0 spiro atoms. The minimum atomic E-state index is -1.31. The third-order valence-corrected chi connectivity index (χ3v) is 7.80. The highest BCUT2D eigenvalue weighted by Gasteiger charge is 2.46. The van der Waals surface area contributed by atoms with Crippen LogP contribution in [0.4, 0.5) is 4.79 Å². The fourth-order valence-corrected chi connectivity index (χ4v) is 5.17. The Morgan fingerprint density at radius 2 is 1.73 bits per heavy atom. The lowest BCUT2D eigenvalue weighted by Gasteiger charge is -2.37. The molecule has 12 nitrogen and oxygen atoms in total. The number of aliphatic hydroxyl groups excluding tert-OH is 1. The van der Waals surface area contributed by atoms with Gasteiger partial charge < -0.3 is 30.7 Å². The Balaban J connectivity index is 3.29. The molecule has 256 valence electrons. The van der Waals surface area contributed by atoms with Gasteiger partial charge in [-0.3, -0.25) is 19.7 Å². The number of unbranched alkanes of at least 4 members (excludes halogenated alkanes) is 1. The SMILES string of the molecule is C=CCNC(=O)C(=O)C(CCCC)NC(O)[C@@H]1C[C@@H](C(C)C)CN1C(=O)[C@@H](NC(=O)N[C@@H](/C=C\C)C(=O)OC(C)C)C(C)(C)C. The predicted octanol–water partition coefficient (Wildman–Crippen LogP) is 2.81. The second-order valence-electron chi connectivity index (χ2n) is 13.4. The number of esters is 1. The number of rotatable bonds is 17. The van der Waals surface area contributed by atoms with Crippen LogP contribution in [0.2, 0.25) is 0 Å². The largest absolute Gasteiger partial charge is 0.461 e. The van der Waals surface area contributed by atoms with E-state index in [9.17, 15) is 29.1 Å². The van der Waals surface area contributed by atoms with E-state index in [2.05, 4.69) is 27.8 Å². The fourth-order valence-electron chi connectivity index (χ4n) is 5.17. The number of amides is 4. The molecule has 2 unspecified atom stereocenters. The van der Waals surface area contributed by atoms with Crippen molar-refractivity contribution in [2.45, 2.75) is 124 Å². The number of nitrogens with one attached hydrogen (secondary N) is 4. The summed E-state index contributed by atoms with van der Waals surface area (Å²) < 4.78 is 5.25. The highest BCUT2D eigenvalue weighted by Crippen LogP contribution is 2.33. The van der Waals surface area contributed by atoms with Gasteiger partial charge in [0.2, 0.25) is 11.7 Å². The number of urea groups is 1. The third-order valence-electron chi connectivity index (χ3n) is 7.80. The molecule has 6 atom stereocenters. The Morgan fingerprint density at radius 3 is 2.24 bits per heavy atom. The zero-order chi connectivity index (χ0) is 34.5. The van der Waals surface area contributed by atoms with Gasteiger partial charge in [0.25, 0.3) is 5.91 Å². The first-order valence-electron chi connectivity index (χ1n) is 16.1. The number of ether oxygens (including phenoxy) is 1. The summed E-state index contributed by atoms with van der Waals surface area (Å²) in [6, 6.07) is -4.46. The van der Waals surface area contributed by atoms with E-state index in [0.29, 0.717) is 25.8 Å². The molecule has 4 amide bonds. The smallest absolute Gasteiger partial charge is 0.333 e. The van der Waals surface area contributed by atoms with Crippen LogP contribution < -0.4 is 21.3 Å². The number of nitrogens with zero attached hydrogens (tertiary/aromatic N) is 1. The second kappa shape index (κ2) is 18.7. The summed E-state index contributed by atoms with van der Waals surface area (Å²) >= 11 is 0. The molecule has 1 aliphatic heterocycles. The van der Waals surface area contributed by atoms with Crippen molar-refractivity contribution in [3.05, 3.63) is 24.8 Å². The molecule has 12 heteroatoms.